The third kappa shape index (κ3) is 3.70. The van der Waals surface area contributed by atoms with Crippen LogP contribution >= 0.6 is 11.6 Å². The molecule has 0 heterocycles. The van der Waals surface area contributed by atoms with Crippen molar-refractivity contribution >= 4 is 11.6 Å². The Bertz CT molecular complexity index is 472. The van der Waals surface area contributed by atoms with E-state index >= 15 is 0 Å². The number of rotatable bonds is 2. The highest BCUT2D eigenvalue weighted by molar-refractivity contribution is 6.31. The monoisotopic (exact) mass is 283 g/mol. The van der Waals surface area contributed by atoms with Crippen molar-refractivity contribution in [3.05, 3.63) is 34.6 Å². The van der Waals surface area contributed by atoms with Gasteiger partial charge in [-0.3, -0.25) is 0 Å². The zero-order valence-corrected chi connectivity index (χ0v) is 12.7. The second-order valence-electron chi connectivity index (χ2n) is 7.13. The predicted octanol–water partition coefficient (Wildman–Crippen LogP) is 4.57. The van der Waals surface area contributed by atoms with Crippen molar-refractivity contribution in [3.63, 3.8) is 0 Å². The van der Waals surface area contributed by atoms with E-state index in [0.717, 1.165) is 18.4 Å². The van der Waals surface area contributed by atoms with Gasteiger partial charge in [0, 0.05) is 10.6 Å². The van der Waals surface area contributed by atoms with Gasteiger partial charge in [0.05, 0.1) is 0 Å². The molecule has 2 rings (SSSR count). The molecule has 106 valence electrons. The highest BCUT2D eigenvalue weighted by Crippen LogP contribution is 2.44. The van der Waals surface area contributed by atoms with Crippen LogP contribution in [0.3, 0.4) is 0 Å². The van der Waals surface area contributed by atoms with E-state index in [1.54, 1.807) is 6.07 Å². The topological polar surface area (TPSA) is 26.0 Å². The molecule has 1 aromatic rings. The van der Waals surface area contributed by atoms with Crippen LogP contribution in [0, 0.1) is 17.2 Å². The second kappa shape index (κ2) is 5.06. The molecule has 1 aromatic carbocycles. The summed E-state index contributed by atoms with van der Waals surface area (Å²) in [5, 5.41) is 0.613. The van der Waals surface area contributed by atoms with E-state index in [-0.39, 0.29) is 16.8 Å². The van der Waals surface area contributed by atoms with Crippen LogP contribution in [0.5, 0.6) is 0 Å². The number of halogens is 2. The van der Waals surface area contributed by atoms with Crippen LogP contribution in [0.2, 0.25) is 5.02 Å². The Kier molecular flexibility index (Phi) is 3.95. The Hall–Kier alpha value is -0.600. The summed E-state index contributed by atoms with van der Waals surface area (Å²) in [6.07, 6.45) is 3.78. The van der Waals surface area contributed by atoms with Gasteiger partial charge in [-0.1, -0.05) is 32.4 Å². The van der Waals surface area contributed by atoms with Crippen LogP contribution < -0.4 is 5.73 Å². The Labute approximate surface area is 120 Å². The molecule has 1 fully saturated rings. The van der Waals surface area contributed by atoms with Crippen molar-refractivity contribution in [3.8, 4) is 0 Å². The Morgan fingerprint density at radius 2 is 2.05 bits per heavy atom. The molecule has 0 amide bonds. The quantitative estimate of drug-likeness (QED) is 0.846. The second-order valence-corrected chi connectivity index (χ2v) is 7.54. The van der Waals surface area contributed by atoms with Gasteiger partial charge >= 0.3 is 0 Å². The number of hydrogen-bond acceptors (Lipinski definition) is 1. The maximum Gasteiger partial charge on any atom is 0.123 e. The molecule has 0 spiro atoms. The molecule has 19 heavy (non-hydrogen) atoms. The van der Waals surface area contributed by atoms with Gasteiger partial charge in [0.2, 0.25) is 0 Å². The zero-order chi connectivity index (χ0) is 14.3. The van der Waals surface area contributed by atoms with Crippen molar-refractivity contribution < 1.29 is 4.39 Å². The smallest absolute Gasteiger partial charge is 0.123 e. The highest BCUT2D eigenvalue weighted by atomic mass is 35.5. The third-order valence-corrected chi connectivity index (χ3v) is 4.41. The molecule has 1 aliphatic carbocycles. The molecule has 0 aliphatic heterocycles. The first-order chi connectivity index (χ1) is 8.69. The lowest BCUT2D eigenvalue weighted by molar-refractivity contribution is 0.108. The fraction of sp³-hybridized carbons (Fsp3) is 0.625. The zero-order valence-electron chi connectivity index (χ0n) is 12.0. The fourth-order valence-corrected chi connectivity index (χ4v) is 4.18. The molecule has 3 heteroatoms. The lowest BCUT2D eigenvalue weighted by atomic mass is 9.63. The van der Waals surface area contributed by atoms with E-state index in [2.05, 4.69) is 20.8 Å². The molecular formula is C16H23ClFN. The van der Waals surface area contributed by atoms with E-state index < -0.39 is 0 Å². The Balaban J connectivity index is 2.23. The summed E-state index contributed by atoms with van der Waals surface area (Å²) in [6.45, 7) is 6.77. The van der Waals surface area contributed by atoms with E-state index in [0.29, 0.717) is 17.4 Å². The average molecular weight is 284 g/mol. The van der Waals surface area contributed by atoms with Gasteiger partial charge in [-0.25, -0.2) is 4.39 Å². The number of hydrogen-bond donors (Lipinski definition) is 1. The van der Waals surface area contributed by atoms with Crippen molar-refractivity contribution in [2.24, 2.45) is 17.1 Å². The van der Waals surface area contributed by atoms with Crippen molar-refractivity contribution in [2.45, 2.75) is 52.0 Å². The van der Waals surface area contributed by atoms with Gasteiger partial charge < -0.3 is 5.73 Å². The largest absolute Gasteiger partial charge is 0.325 e. The molecule has 1 saturated carbocycles. The van der Waals surface area contributed by atoms with Crippen LogP contribution in [0.25, 0.3) is 0 Å². The van der Waals surface area contributed by atoms with E-state index in [1.165, 1.54) is 18.6 Å². The van der Waals surface area contributed by atoms with Crippen molar-refractivity contribution in [1.29, 1.82) is 0 Å². The summed E-state index contributed by atoms with van der Waals surface area (Å²) >= 11 is 6.16. The predicted molar refractivity (Wildman–Crippen MR) is 78.8 cm³/mol. The first kappa shape index (κ1) is 14.8. The van der Waals surface area contributed by atoms with Gasteiger partial charge in [0.25, 0.3) is 0 Å². The van der Waals surface area contributed by atoms with Crippen LogP contribution in [-0.4, -0.2) is 5.54 Å². The van der Waals surface area contributed by atoms with Gasteiger partial charge in [-0.15, -0.1) is 0 Å². The van der Waals surface area contributed by atoms with Gasteiger partial charge in [0.15, 0.2) is 0 Å². The van der Waals surface area contributed by atoms with Crippen molar-refractivity contribution in [2.75, 3.05) is 0 Å². The maximum atomic E-state index is 13.4. The maximum absolute atomic E-state index is 13.4. The Morgan fingerprint density at radius 1 is 1.37 bits per heavy atom. The van der Waals surface area contributed by atoms with E-state index in [9.17, 15) is 4.39 Å². The van der Waals surface area contributed by atoms with E-state index in [4.69, 9.17) is 17.3 Å². The van der Waals surface area contributed by atoms with Crippen LogP contribution in [-0.2, 0) is 6.42 Å². The van der Waals surface area contributed by atoms with Gasteiger partial charge in [-0.2, -0.15) is 0 Å². The average Bonchev–Trinajstić information content (AvgIpc) is 2.19. The summed E-state index contributed by atoms with van der Waals surface area (Å²) in [4.78, 5) is 0. The molecule has 0 bridgehead atoms. The SMILES string of the molecule is CC1CC(C)(C)CC(N)(Cc2cc(F)ccc2Cl)C1. The number of benzene rings is 1. The van der Waals surface area contributed by atoms with E-state index in [1.807, 2.05) is 0 Å². The van der Waals surface area contributed by atoms with Crippen LogP contribution in [0.1, 0.15) is 45.6 Å². The van der Waals surface area contributed by atoms with Gasteiger partial charge in [-0.05, 0) is 60.8 Å². The third-order valence-electron chi connectivity index (χ3n) is 4.04. The van der Waals surface area contributed by atoms with Crippen LogP contribution in [0.15, 0.2) is 18.2 Å². The summed E-state index contributed by atoms with van der Waals surface area (Å²) in [5.41, 5.74) is 7.39. The first-order valence-corrected chi connectivity index (χ1v) is 7.30. The highest BCUT2D eigenvalue weighted by Gasteiger charge is 2.40. The normalized spacial score (nSPS) is 30.3. The minimum absolute atomic E-state index is 0.242. The molecule has 0 radical (unpaired) electrons. The summed E-state index contributed by atoms with van der Waals surface area (Å²) < 4.78 is 13.4. The molecule has 2 N–H and O–H groups in total. The lowest BCUT2D eigenvalue weighted by Crippen LogP contribution is -2.50. The minimum atomic E-state index is -0.279. The minimum Gasteiger partial charge on any atom is -0.325 e. The number of nitrogens with two attached hydrogens (primary N) is 1. The molecule has 0 aromatic heterocycles. The van der Waals surface area contributed by atoms with Gasteiger partial charge in [0.1, 0.15) is 5.82 Å². The molecule has 1 nitrogen and oxygen atoms in total. The standard InChI is InChI=1S/C16H23ClFN/c1-11-7-15(2,3)10-16(19,8-11)9-12-6-13(18)4-5-14(12)17/h4-6,11H,7-10,19H2,1-3H3. The molecular weight excluding hydrogens is 261 g/mol. The molecule has 2 atom stereocenters. The molecule has 2 unspecified atom stereocenters. The fourth-order valence-electron chi connectivity index (χ4n) is 4.00. The molecule has 0 saturated heterocycles. The van der Waals surface area contributed by atoms with Crippen LogP contribution in [0.4, 0.5) is 4.39 Å². The summed E-state index contributed by atoms with van der Waals surface area (Å²) in [5.74, 6) is 0.354. The molecule has 1 aliphatic rings. The lowest BCUT2D eigenvalue weighted by Gasteiger charge is -2.46. The van der Waals surface area contributed by atoms with Crippen molar-refractivity contribution in [1.82, 2.24) is 0 Å². The first-order valence-electron chi connectivity index (χ1n) is 6.92. The summed E-state index contributed by atoms with van der Waals surface area (Å²) in [7, 11) is 0. The Morgan fingerprint density at radius 3 is 2.68 bits per heavy atom. The summed E-state index contributed by atoms with van der Waals surface area (Å²) in [6, 6.07) is 4.53.